The average Bonchev–Trinajstić information content (AvgIpc) is 2.56. The summed E-state index contributed by atoms with van der Waals surface area (Å²) >= 11 is 6.08. The van der Waals surface area contributed by atoms with Gasteiger partial charge in [0.15, 0.2) is 20.2 Å². The van der Waals surface area contributed by atoms with Gasteiger partial charge in [0, 0.05) is 5.02 Å². The van der Waals surface area contributed by atoms with E-state index in [1.165, 1.54) is 13.1 Å². The van der Waals surface area contributed by atoms with Gasteiger partial charge in [-0.3, -0.25) is 0 Å². The second-order valence-corrected chi connectivity index (χ2v) is 9.18. The molecule has 0 unspecified atom stereocenters. The maximum absolute atomic E-state index is 10.7. The number of pyridine rings is 1. The van der Waals surface area contributed by atoms with Gasteiger partial charge in [0.1, 0.15) is 39.3 Å². The van der Waals surface area contributed by atoms with Crippen molar-refractivity contribution in [2.75, 3.05) is 26.2 Å². The molecule has 0 amide bonds. The van der Waals surface area contributed by atoms with Crippen LogP contribution in [0.15, 0.2) is 12.1 Å². The van der Waals surface area contributed by atoms with Crippen molar-refractivity contribution >= 4 is 31.8 Å². The SMILES string of the molecule is Clc1cc2nc(c1)C[NH2+]CC[NH2+]CC[NH2+]C2.O=S(=O)([O-])C(F)(F)F.O=S(=O)([O-])C(F)(F)F.[Cl-]. The molecule has 0 radical (unpaired) electrons. The molecule has 2 heterocycles. The molecule has 0 aromatic carbocycles. The van der Waals surface area contributed by atoms with Gasteiger partial charge in [0.2, 0.25) is 0 Å². The molecule has 1 aromatic heterocycles. The van der Waals surface area contributed by atoms with E-state index in [1.54, 1.807) is 0 Å². The largest absolute Gasteiger partial charge is 1.00 e. The van der Waals surface area contributed by atoms with Crippen LogP contribution in [0, 0.1) is 0 Å². The lowest BCUT2D eigenvalue weighted by Gasteiger charge is -2.08. The highest BCUT2D eigenvalue weighted by Crippen LogP contribution is 2.21. The Bertz CT molecular complexity index is 862. The summed E-state index contributed by atoms with van der Waals surface area (Å²) in [5.74, 6) is 0. The molecule has 1 aliphatic heterocycles. The van der Waals surface area contributed by atoms with E-state index >= 15 is 0 Å². The van der Waals surface area contributed by atoms with E-state index in [9.17, 15) is 26.3 Å². The van der Waals surface area contributed by atoms with Crippen LogP contribution in [0.5, 0.6) is 0 Å². The van der Waals surface area contributed by atoms with Crippen LogP contribution in [-0.2, 0) is 33.3 Å². The molecule has 0 aliphatic carbocycles. The number of nitrogens with two attached hydrogens (primary N) is 3. The number of rotatable bonds is 0. The summed E-state index contributed by atoms with van der Waals surface area (Å²) < 4.78 is 118. The normalized spacial score (nSPS) is 15.8. The molecule has 0 saturated carbocycles. The average molecular weight is 577 g/mol. The third-order valence-electron chi connectivity index (χ3n) is 3.32. The molecule has 33 heavy (non-hydrogen) atoms. The first-order valence-electron chi connectivity index (χ1n) is 8.49. The third kappa shape index (κ3) is 15.5. The van der Waals surface area contributed by atoms with E-state index in [-0.39, 0.29) is 12.4 Å². The topological polar surface area (TPSA) is 177 Å². The summed E-state index contributed by atoms with van der Waals surface area (Å²) in [5, 5.41) is 7.78. The molecule has 196 valence electrons. The fourth-order valence-corrected chi connectivity index (χ4v) is 2.19. The first-order chi connectivity index (χ1) is 14.3. The standard InChI is InChI=1S/C11H17ClN4.2CHF3O3S.ClH/c12-9-5-10-7-14-3-1-13-2-4-15-8-11(6-9)16-10;2*2-1(3,4)8(5,6)7;/h5-6,13-15H,1-4,7-8H2;2*(H,5,6,7);1H. The summed E-state index contributed by atoms with van der Waals surface area (Å²) in [5.41, 5.74) is -9.10. The number of hydrogen-bond acceptors (Lipinski definition) is 7. The second kappa shape index (κ2) is 14.4. The summed E-state index contributed by atoms with van der Waals surface area (Å²) in [7, 11) is -12.2. The second-order valence-electron chi connectivity index (χ2n) is 6.00. The zero-order valence-corrected chi connectivity index (χ0v) is 19.5. The van der Waals surface area contributed by atoms with Crippen LogP contribution >= 0.6 is 11.6 Å². The van der Waals surface area contributed by atoms with E-state index in [0.29, 0.717) is 0 Å². The number of quaternary nitrogens is 3. The van der Waals surface area contributed by atoms with E-state index in [1.807, 2.05) is 12.1 Å². The Morgan fingerprint density at radius 1 is 0.758 bits per heavy atom. The van der Waals surface area contributed by atoms with Crippen LogP contribution in [0.4, 0.5) is 26.3 Å². The lowest BCUT2D eigenvalue weighted by molar-refractivity contribution is -0.758. The molecule has 1 aromatic rings. The Balaban J connectivity index is 0. The quantitative estimate of drug-likeness (QED) is 0.157. The van der Waals surface area contributed by atoms with Gasteiger partial charge >= 0.3 is 11.0 Å². The first-order valence-corrected chi connectivity index (χ1v) is 11.7. The Morgan fingerprint density at radius 2 is 1.03 bits per heavy atom. The van der Waals surface area contributed by atoms with Crippen molar-refractivity contribution in [3.05, 3.63) is 28.5 Å². The van der Waals surface area contributed by atoms with Gasteiger partial charge in [-0.15, -0.1) is 0 Å². The number of fused-ring (bicyclic) bond motifs is 2. The van der Waals surface area contributed by atoms with Gasteiger partial charge in [0.25, 0.3) is 0 Å². The van der Waals surface area contributed by atoms with E-state index in [2.05, 4.69) is 20.9 Å². The monoisotopic (exact) mass is 576 g/mol. The van der Waals surface area contributed by atoms with Crippen molar-refractivity contribution in [1.82, 2.24) is 4.98 Å². The summed E-state index contributed by atoms with van der Waals surface area (Å²) in [6, 6.07) is 3.94. The lowest BCUT2D eigenvalue weighted by atomic mass is 10.3. The Morgan fingerprint density at radius 3 is 1.30 bits per heavy atom. The smallest absolute Gasteiger partial charge is 0.485 e. The number of hydrogen-bond donors (Lipinski definition) is 3. The zero-order valence-electron chi connectivity index (χ0n) is 16.4. The molecule has 0 fully saturated rings. The third-order valence-corrected chi connectivity index (χ3v) is 4.67. The Kier molecular flexibility index (Phi) is 14.9. The summed E-state index contributed by atoms with van der Waals surface area (Å²) in [4.78, 5) is 4.61. The van der Waals surface area contributed by atoms with Crippen molar-refractivity contribution in [2.45, 2.75) is 24.1 Å². The number of aromatic nitrogens is 1. The molecule has 0 saturated heterocycles. The molecule has 10 nitrogen and oxygen atoms in total. The molecule has 1 aliphatic rings. The maximum atomic E-state index is 10.7. The fraction of sp³-hybridized carbons (Fsp3) is 0.615. The van der Waals surface area contributed by atoms with Crippen LogP contribution in [0.3, 0.4) is 0 Å². The van der Waals surface area contributed by atoms with Crippen LogP contribution in [0.1, 0.15) is 11.4 Å². The molecular weight excluding hydrogens is 557 g/mol. The maximum Gasteiger partial charge on any atom is 0.485 e. The number of halogens is 8. The predicted octanol–water partition coefficient (Wildman–Crippen LogP) is -5.45. The minimum Gasteiger partial charge on any atom is -1.00 e. The highest BCUT2D eigenvalue weighted by atomic mass is 35.5. The van der Waals surface area contributed by atoms with Gasteiger partial charge in [-0.2, -0.15) is 26.3 Å². The zero-order chi connectivity index (χ0) is 25.2. The molecule has 6 N–H and O–H groups in total. The van der Waals surface area contributed by atoms with Crippen LogP contribution < -0.4 is 28.4 Å². The van der Waals surface area contributed by atoms with E-state index in [0.717, 1.165) is 42.6 Å². The minimum absolute atomic E-state index is 0. The summed E-state index contributed by atoms with van der Waals surface area (Å²) in [6.45, 7) is 6.51. The van der Waals surface area contributed by atoms with Gasteiger partial charge in [-0.1, -0.05) is 11.6 Å². The van der Waals surface area contributed by atoms with Gasteiger partial charge in [0.05, 0.1) is 11.4 Å². The first kappa shape index (κ1) is 34.2. The molecule has 0 spiro atoms. The van der Waals surface area contributed by atoms with Crippen molar-refractivity contribution in [1.29, 1.82) is 0 Å². The molecule has 2 rings (SSSR count). The Labute approximate surface area is 196 Å². The van der Waals surface area contributed by atoms with Gasteiger partial charge < -0.3 is 37.5 Å². The van der Waals surface area contributed by atoms with Crippen LogP contribution in [0.25, 0.3) is 0 Å². The van der Waals surface area contributed by atoms with E-state index in [4.69, 9.17) is 37.5 Å². The Hall–Kier alpha value is -0.990. The predicted molar refractivity (Wildman–Crippen MR) is 93.4 cm³/mol. The fourth-order valence-electron chi connectivity index (χ4n) is 1.93. The lowest BCUT2D eigenvalue weighted by Crippen LogP contribution is -3.00. The molecule has 2 bridgehead atoms. The minimum atomic E-state index is -6.09. The van der Waals surface area contributed by atoms with Crippen molar-refractivity contribution in [2.24, 2.45) is 0 Å². The van der Waals surface area contributed by atoms with Gasteiger partial charge in [-0.05, 0) is 12.1 Å². The molecule has 0 atom stereocenters. The molecular formula is C13H20Cl2F6N4O6S2. The number of nitrogens with zero attached hydrogens (tertiary/aromatic N) is 1. The van der Waals surface area contributed by atoms with Crippen molar-refractivity contribution < 1.29 is 80.6 Å². The van der Waals surface area contributed by atoms with Crippen molar-refractivity contribution in [3.63, 3.8) is 0 Å². The summed E-state index contributed by atoms with van der Waals surface area (Å²) in [6.07, 6.45) is 0. The highest BCUT2D eigenvalue weighted by Gasteiger charge is 2.37. The number of alkyl halides is 6. The van der Waals surface area contributed by atoms with Crippen LogP contribution in [0.2, 0.25) is 5.02 Å². The highest BCUT2D eigenvalue weighted by molar-refractivity contribution is 7.86. The molecule has 20 heteroatoms. The van der Waals surface area contributed by atoms with E-state index < -0.39 is 31.3 Å². The van der Waals surface area contributed by atoms with Crippen molar-refractivity contribution in [3.8, 4) is 0 Å². The van der Waals surface area contributed by atoms with Gasteiger partial charge in [-0.25, -0.2) is 21.8 Å². The van der Waals surface area contributed by atoms with Crippen LogP contribution in [-0.4, -0.2) is 68.1 Å².